The Balaban J connectivity index is 2.07. The Hall–Kier alpha value is -1.23. The molecule has 0 spiro atoms. The third kappa shape index (κ3) is 3.16. The molecule has 5 heteroatoms. The molecule has 1 aromatic rings. The number of amides is 1. The van der Waals surface area contributed by atoms with E-state index in [2.05, 4.69) is 4.98 Å². The summed E-state index contributed by atoms with van der Waals surface area (Å²) in [6.07, 6.45) is 2.76. The van der Waals surface area contributed by atoms with Crippen molar-refractivity contribution in [2.24, 2.45) is 0 Å². The van der Waals surface area contributed by atoms with E-state index in [-0.39, 0.29) is 5.91 Å². The molecule has 0 saturated carbocycles. The summed E-state index contributed by atoms with van der Waals surface area (Å²) in [6, 6.07) is 3.75. The van der Waals surface area contributed by atoms with Gasteiger partial charge in [0.05, 0.1) is 5.56 Å². The summed E-state index contributed by atoms with van der Waals surface area (Å²) in [5.74, 6) is 3.17. The SMILES string of the molecule is CN(C)c1ccc(C(=O)N2CCCSCC2)cn1. The van der Waals surface area contributed by atoms with E-state index >= 15 is 0 Å². The van der Waals surface area contributed by atoms with E-state index in [9.17, 15) is 4.79 Å². The fourth-order valence-corrected chi connectivity index (χ4v) is 2.80. The van der Waals surface area contributed by atoms with Gasteiger partial charge in [-0.05, 0) is 24.3 Å². The van der Waals surface area contributed by atoms with Gasteiger partial charge in [-0.15, -0.1) is 0 Å². The standard InChI is InChI=1S/C13H19N3OS/c1-15(2)12-5-4-11(10-14-12)13(17)16-6-3-8-18-9-7-16/h4-5,10H,3,6-9H2,1-2H3. The Morgan fingerprint density at radius 1 is 1.33 bits per heavy atom. The van der Waals surface area contributed by atoms with Crippen molar-refractivity contribution in [3.05, 3.63) is 23.9 Å². The Bertz CT molecular complexity index is 397. The maximum Gasteiger partial charge on any atom is 0.255 e. The van der Waals surface area contributed by atoms with Gasteiger partial charge in [-0.3, -0.25) is 4.79 Å². The molecular formula is C13H19N3OS. The van der Waals surface area contributed by atoms with Crippen LogP contribution in [-0.2, 0) is 0 Å². The summed E-state index contributed by atoms with van der Waals surface area (Å²) >= 11 is 1.92. The number of carbonyl (C=O) groups is 1. The van der Waals surface area contributed by atoms with Crippen LogP contribution in [0.3, 0.4) is 0 Å². The average Bonchev–Trinajstić information content (AvgIpc) is 2.67. The van der Waals surface area contributed by atoms with Gasteiger partial charge in [0, 0.05) is 39.1 Å². The largest absolute Gasteiger partial charge is 0.363 e. The monoisotopic (exact) mass is 265 g/mol. The van der Waals surface area contributed by atoms with E-state index in [1.54, 1.807) is 6.20 Å². The summed E-state index contributed by atoms with van der Waals surface area (Å²) in [6.45, 7) is 1.71. The van der Waals surface area contributed by atoms with Gasteiger partial charge in [0.1, 0.15) is 5.82 Å². The minimum atomic E-state index is 0.107. The van der Waals surface area contributed by atoms with Crippen molar-refractivity contribution in [1.82, 2.24) is 9.88 Å². The summed E-state index contributed by atoms with van der Waals surface area (Å²) in [5.41, 5.74) is 0.688. The van der Waals surface area contributed by atoms with E-state index in [0.29, 0.717) is 5.56 Å². The molecular weight excluding hydrogens is 246 g/mol. The van der Waals surface area contributed by atoms with Crippen molar-refractivity contribution in [2.45, 2.75) is 6.42 Å². The maximum atomic E-state index is 12.3. The zero-order valence-corrected chi connectivity index (χ0v) is 11.7. The van der Waals surface area contributed by atoms with Gasteiger partial charge >= 0.3 is 0 Å². The first-order valence-corrected chi connectivity index (χ1v) is 7.34. The lowest BCUT2D eigenvalue weighted by molar-refractivity contribution is 0.0768. The molecule has 2 rings (SSSR count). The van der Waals surface area contributed by atoms with Crippen LogP contribution in [0.1, 0.15) is 16.8 Å². The number of anilines is 1. The minimum Gasteiger partial charge on any atom is -0.363 e. The quantitative estimate of drug-likeness (QED) is 0.816. The normalized spacial score (nSPS) is 16.2. The van der Waals surface area contributed by atoms with Crippen molar-refractivity contribution in [1.29, 1.82) is 0 Å². The molecule has 0 bridgehead atoms. The lowest BCUT2D eigenvalue weighted by Crippen LogP contribution is -2.33. The Labute approximate surface area is 112 Å². The summed E-state index contributed by atoms with van der Waals surface area (Å²) < 4.78 is 0. The smallest absolute Gasteiger partial charge is 0.255 e. The number of thioether (sulfide) groups is 1. The van der Waals surface area contributed by atoms with Crippen molar-refractivity contribution in [2.75, 3.05) is 43.6 Å². The van der Waals surface area contributed by atoms with Crippen molar-refractivity contribution < 1.29 is 4.79 Å². The summed E-state index contributed by atoms with van der Waals surface area (Å²) in [4.78, 5) is 20.5. The third-order valence-electron chi connectivity index (χ3n) is 2.96. The van der Waals surface area contributed by atoms with Crippen molar-refractivity contribution >= 4 is 23.5 Å². The molecule has 1 aromatic heterocycles. The van der Waals surface area contributed by atoms with Crippen LogP contribution in [0.25, 0.3) is 0 Å². The molecule has 1 aliphatic heterocycles. The van der Waals surface area contributed by atoms with Gasteiger partial charge in [0.15, 0.2) is 0 Å². The topological polar surface area (TPSA) is 36.4 Å². The molecule has 0 atom stereocenters. The first-order chi connectivity index (χ1) is 8.68. The molecule has 98 valence electrons. The highest BCUT2D eigenvalue weighted by Gasteiger charge is 2.17. The van der Waals surface area contributed by atoms with Crippen LogP contribution >= 0.6 is 11.8 Å². The number of rotatable bonds is 2. The molecule has 0 aliphatic carbocycles. The van der Waals surface area contributed by atoms with E-state index in [0.717, 1.165) is 36.8 Å². The summed E-state index contributed by atoms with van der Waals surface area (Å²) in [5, 5.41) is 0. The highest BCUT2D eigenvalue weighted by atomic mass is 32.2. The molecule has 1 saturated heterocycles. The van der Waals surface area contributed by atoms with Crippen LogP contribution in [-0.4, -0.2) is 54.5 Å². The fourth-order valence-electron chi connectivity index (χ4n) is 1.91. The second kappa shape index (κ2) is 6.09. The van der Waals surface area contributed by atoms with Gasteiger partial charge in [0.25, 0.3) is 5.91 Å². The molecule has 1 fully saturated rings. The zero-order chi connectivity index (χ0) is 13.0. The average molecular weight is 265 g/mol. The van der Waals surface area contributed by atoms with Gasteiger partial charge in [-0.25, -0.2) is 4.98 Å². The number of hydrogen-bond donors (Lipinski definition) is 0. The van der Waals surface area contributed by atoms with Crippen LogP contribution in [0.2, 0.25) is 0 Å². The number of aromatic nitrogens is 1. The molecule has 2 heterocycles. The van der Waals surface area contributed by atoms with E-state index in [4.69, 9.17) is 0 Å². The molecule has 0 radical (unpaired) electrons. The molecule has 4 nitrogen and oxygen atoms in total. The second-order valence-corrected chi connectivity index (χ2v) is 5.78. The Morgan fingerprint density at radius 2 is 2.17 bits per heavy atom. The molecule has 1 amide bonds. The zero-order valence-electron chi connectivity index (χ0n) is 10.9. The predicted molar refractivity (Wildman–Crippen MR) is 76.4 cm³/mol. The number of carbonyl (C=O) groups excluding carboxylic acids is 1. The first-order valence-electron chi connectivity index (χ1n) is 6.19. The van der Waals surface area contributed by atoms with Gasteiger partial charge in [-0.1, -0.05) is 0 Å². The van der Waals surface area contributed by atoms with Crippen LogP contribution in [0, 0.1) is 0 Å². The van der Waals surface area contributed by atoms with E-state index in [1.165, 1.54) is 0 Å². The highest BCUT2D eigenvalue weighted by molar-refractivity contribution is 7.99. The molecule has 0 unspecified atom stereocenters. The predicted octanol–water partition coefficient (Wildman–Crippen LogP) is 1.73. The van der Waals surface area contributed by atoms with Crippen molar-refractivity contribution in [3.63, 3.8) is 0 Å². The van der Waals surface area contributed by atoms with Crippen molar-refractivity contribution in [3.8, 4) is 0 Å². The molecule has 0 N–H and O–H groups in total. The highest BCUT2D eigenvalue weighted by Crippen LogP contribution is 2.14. The lowest BCUT2D eigenvalue weighted by atomic mass is 10.2. The van der Waals surface area contributed by atoms with Crippen LogP contribution in [0.4, 0.5) is 5.82 Å². The molecule has 1 aliphatic rings. The van der Waals surface area contributed by atoms with Crippen LogP contribution in [0.5, 0.6) is 0 Å². The van der Waals surface area contributed by atoms with E-state index in [1.807, 2.05) is 47.8 Å². The van der Waals surface area contributed by atoms with Gasteiger partial charge in [-0.2, -0.15) is 11.8 Å². The third-order valence-corrected chi connectivity index (χ3v) is 4.01. The number of nitrogens with zero attached hydrogens (tertiary/aromatic N) is 3. The Kier molecular flexibility index (Phi) is 4.47. The minimum absolute atomic E-state index is 0.107. The molecule has 0 aromatic carbocycles. The Morgan fingerprint density at radius 3 is 2.83 bits per heavy atom. The molecule has 18 heavy (non-hydrogen) atoms. The fraction of sp³-hybridized carbons (Fsp3) is 0.538. The second-order valence-electron chi connectivity index (χ2n) is 4.56. The van der Waals surface area contributed by atoms with E-state index < -0.39 is 0 Å². The lowest BCUT2D eigenvalue weighted by Gasteiger charge is -2.20. The summed E-state index contributed by atoms with van der Waals surface area (Å²) in [7, 11) is 3.88. The number of hydrogen-bond acceptors (Lipinski definition) is 4. The van der Waals surface area contributed by atoms with Gasteiger partial charge in [0.2, 0.25) is 0 Å². The van der Waals surface area contributed by atoms with Crippen LogP contribution in [0.15, 0.2) is 18.3 Å². The maximum absolute atomic E-state index is 12.3. The number of pyridine rings is 1. The van der Waals surface area contributed by atoms with Gasteiger partial charge < -0.3 is 9.80 Å². The van der Waals surface area contributed by atoms with Crippen LogP contribution < -0.4 is 4.90 Å². The first kappa shape index (κ1) is 13.2.